The molecule has 0 aliphatic heterocycles. The summed E-state index contributed by atoms with van der Waals surface area (Å²) >= 11 is 6.98. The lowest BCUT2D eigenvalue weighted by Crippen LogP contribution is -2.27. The van der Waals surface area contributed by atoms with Crippen LogP contribution < -0.4 is 14.0 Å². The number of hydrogen-bond acceptors (Lipinski definition) is 10. The van der Waals surface area contributed by atoms with Crippen molar-refractivity contribution in [3.05, 3.63) is 66.2 Å². The standard InChI is InChI=1S/C10H12NOS2.C9H9NOS2.C7H8O3S/c1-11-8-6-7(12-2)4-5-9(8)14-10(11)13-3;1-11-6-3-4-8-7(5-6)10-9(12-2)13-8;1-6-2-4-7(5-3-6)11(8,9)10/h4-6H,1-3H3;3-5H,1-2H3;2-5H,1H3,(H,8,9,10)/q+1;;/p-1. The predicted molar refractivity (Wildman–Crippen MR) is 158 cm³/mol. The summed E-state index contributed by atoms with van der Waals surface area (Å²) in [4.78, 5) is 4.26. The fraction of sp³-hybridized carbons (Fsp3) is 0.231. The van der Waals surface area contributed by atoms with Crippen LogP contribution in [0, 0.1) is 6.92 Å². The number of rotatable bonds is 5. The van der Waals surface area contributed by atoms with E-state index in [0.29, 0.717) is 0 Å². The monoisotopic (exact) mass is 608 g/mol. The molecule has 0 spiro atoms. The average molecular weight is 609 g/mol. The van der Waals surface area contributed by atoms with E-state index in [9.17, 15) is 13.0 Å². The van der Waals surface area contributed by atoms with Crippen molar-refractivity contribution in [2.75, 3.05) is 26.7 Å². The Labute approximate surface area is 239 Å². The molecule has 38 heavy (non-hydrogen) atoms. The maximum Gasteiger partial charge on any atom is 0.297 e. The van der Waals surface area contributed by atoms with Crippen molar-refractivity contribution in [2.45, 2.75) is 20.5 Å². The van der Waals surface area contributed by atoms with E-state index in [1.165, 1.54) is 31.4 Å². The number of aromatic nitrogens is 2. The Morgan fingerprint density at radius 2 is 1.47 bits per heavy atom. The second-order valence-electron chi connectivity index (χ2n) is 7.75. The molecule has 0 aliphatic rings. The first-order valence-electron chi connectivity index (χ1n) is 11.1. The van der Waals surface area contributed by atoms with Crippen LogP contribution in [-0.2, 0) is 17.2 Å². The Hall–Kier alpha value is -2.35. The van der Waals surface area contributed by atoms with Gasteiger partial charge in [0.15, 0.2) is 4.34 Å². The van der Waals surface area contributed by atoms with Gasteiger partial charge in [0.05, 0.1) is 35.4 Å². The number of thioether (sulfide) groups is 2. The summed E-state index contributed by atoms with van der Waals surface area (Å²) in [5.74, 6) is 1.78. The minimum absolute atomic E-state index is 0.178. The summed E-state index contributed by atoms with van der Waals surface area (Å²) in [6.07, 6.45) is 4.14. The lowest BCUT2D eigenvalue weighted by Gasteiger charge is -2.05. The van der Waals surface area contributed by atoms with Crippen molar-refractivity contribution in [1.29, 1.82) is 0 Å². The van der Waals surface area contributed by atoms with E-state index >= 15 is 0 Å². The van der Waals surface area contributed by atoms with Gasteiger partial charge < -0.3 is 14.0 Å². The topological polar surface area (TPSA) is 92.4 Å². The Morgan fingerprint density at radius 1 is 0.868 bits per heavy atom. The molecule has 0 fully saturated rings. The van der Waals surface area contributed by atoms with Gasteiger partial charge in [0, 0.05) is 6.07 Å². The Bertz CT molecular complexity index is 1610. The van der Waals surface area contributed by atoms with Gasteiger partial charge in [0.1, 0.15) is 33.4 Å². The van der Waals surface area contributed by atoms with Gasteiger partial charge in [-0.3, -0.25) is 0 Å². The zero-order valence-electron chi connectivity index (χ0n) is 21.8. The highest BCUT2D eigenvalue weighted by Crippen LogP contribution is 2.30. The average Bonchev–Trinajstić information content (AvgIpc) is 3.48. The first kappa shape index (κ1) is 30.2. The molecule has 12 heteroatoms. The molecule has 5 aromatic rings. The van der Waals surface area contributed by atoms with Crippen molar-refractivity contribution >= 4 is 76.7 Å². The molecule has 0 radical (unpaired) electrons. The van der Waals surface area contributed by atoms with Crippen LogP contribution in [0.2, 0.25) is 0 Å². The van der Waals surface area contributed by atoms with Crippen LogP contribution in [0.3, 0.4) is 0 Å². The first-order valence-corrected chi connectivity index (χ1v) is 16.6. The third-order valence-electron chi connectivity index (χ3n) is 5.23. The predicted octanol–water partition coefficient (Wildman–Crippen LogP) is 6.38. The van der Waals surface area contributed by atoms with Crippen molar-refractivity contribution in [3.63, 3.8) is 0 Å². The number of aryl methyl sites for hydroxylation is 2. The highest BCUT2D eigenvalue weighted by molar-refractivity contribution is 8.00. The van der Waals surface area contributed by atoms with Gasteiger partial charge in [-0.25, -0.2) is 13.4 Å². The minimum atomic E-state index is -4.27. The van der Waals surface area contributed by atoms with E-state index in [-0.39, 0.29) is 4.90 Å². The summed E-state index contributed by atoms with van der Waals surface area (Å²) in [5, 5.41) is 0. The van der Waals surface area contributed by atoms with Gasteiger partial charge in [-0.1, -0.05) is 40.8 Å². The van der Waals surface area contributed by atoms with E-state index in [1.807, 2.05) is 48.8 Å². The summed E-state index contributed by atoms with van der Waals surface area (Å²) in [6.45, 7) is 1.82. The SMILES string of the molecule is COc1ccc2sc(SC)[n+](C)c2c1.COc1ccc2sc(SC)nc2c1.Cc1ccc(S(=O)(=O)[O-])cc1. The van der Waals surface area contributed by atoms with Crippen LogP contribution in [0.15, 0.2) is 74.2 Å². The van der Waals surface area contributed by atoms with E-state index in [4.69, 9.17) is 9.47 Å². The Kier molecular flexibility index (Phi) is 10.8. The zero-order chi connectivity index (χ0) is 27.9. The second-order valence-corrected chi connectivity index (χ2v) is 13.3. The first-order chi connectivity index (χ1) is 18.1. The summed E-state index contributed by atoms with van der Waals surface area (Å²) < 4.78 is 48.6. The van der Waals surface area contributed by atoms with Crippen molar-refractivity contribution in [1.82, 2.24) is 4.98 Å². The zero-order valence-corrected chi connectivity index (χ0v) is 25.8. The van der Waals surface area contributed by atoms with Gasteiger partial charge in [0.25, 0.3) is 4.34 Å². The van der Waals surface area contributed by atoms with E-state index in [1.54, 1.807) is 61.2 Å². The maximum absolute atomic E-state index is 10.4. The van der Waals surface area contributed by atoms with Crippen molar-refractivity contribution in [3.8, 4) is 11.5 Å². The van der Waals surface area contributed by atoms with Crippen molar-refractivity contribution < 1.29 is 27.0 Å². The molecule has 0 saturated heterocycles. The summed E-state index contributed by atoms with van der Waals surface area (Å²) in [6, 6.07) is 17.9. The van der Waals surface area contributed by atoms with Crippen LogP contribution in [0.5, 0.6) is 11.5 Å². The van der Waals surface area contributed by atoms with E-state index < -0.39 is 10.1 Å². The highest BCUT2D eigenvalue weighted by Gasteiger charge is 2.16. The fourth-order valence-electron chi connectivity index (χ4n) is 3.22. The summed E-state index contributed by atoms with van der Waals surface area (Å²) in [5.41, 5.74) is 3.19. The van der Waals surface area contributed by atoms with Gasteiger partial charge >= 0.3 is 0 Å². The largest absolute Gasteiger partial charge is 0.744 e. The molecule has 0 bridgehead atoms. The van der Waals surface area contributed by atoms with Crippen molar-refractivity contribution in [2.24, 2.45) is 7.05 Å². The number of hydrogen-bond donors (Lipinski definition) is 0. The fourth-order valence-corrected chi connectivity index (χ4v) is 6.99. The lowest BCUT2D eigenvalue weighted by molar-refractivity contribution is -0.676. The van der Waals surface area contributed by atoms with E-state index in [2.05, 4.69) is 35.0 Å². The summed E-state index contributed by atoms with van der Waals surface area (Å²) in [7, 11) is 1.18. The molecular weight excluding hydrogens is 581 g/mol. The number of fused-ring (bicyclic) bond motifs is 2. The minimum Gasteiger partial charge on any atom is -0.744 e. The molecule has 2 heterocycles. The second kappa shape index (κ2) is 13.6. The number of ether oxygens (including phenoxy) is 2. The van der Waals surface area contributed by atoms with Gasteiger partial charge in [-0.15, -0.1) is 11.3 Å². The van der Waals surface area contributed by atoms with Gasteiger partial charge in [0.2, 0.25) is 5.52 Å². The third-order valence-corrected chi connectivity index (χ3v) is 10.5. The number of methoxy groups -OCH3 is 2. The van der Waals surface area contributed by atoms with Crippen LogP contribution in [0.1, 0.15) is 5.56 Å². The molecule has 0 amide bonds. The highest BCUT2D eigenvalue weighted by atomic mass is 32.2. The quantitative estimate of drug-likeness (QED) is 0.129. The molecule has 3 aromatic carbocycles. The number of thiazole rings is 2. The van der Waals surface area contributed by atoms with E-state index in [0.717, 1.165) is 26.9 Å². The Morgan fingerprint density at radius 3 is 2.03 bits per heavy atom. The van der Waals surface area contributed by atoms with Gasteiger partial charge in [-0.05, 0) is 67.6 Å². The van der Waals surface area contributed by atoms with Crippen LogP contribution in [0.25, 0.3) is 20.4 Å². The maximum atomic E-state index is 10.4. The Balaban J connectivity index is 0.000000159. The molecule has 202 valence electrons. The van der Waals surface area contributed by atoms with Crippen LogP contribution in [0.4, 0.5) is 0 Å². The molecule has 0 aliphatic carbocycles. The van der Waals surface area contributed by atoms with Crippen LogP contribution >= 0.6 is 46.2 Å². The van der Waals surface area contributed by atoms with Gasteiger partial charge in [-0.2, -0.15) is 4.57 Å². The molecular formula is C26H28N2O5S5. The molecule has 0 unspecified atom stereocenters. The normalized spacial score (nSPS) is 10.9. The number of nitrogens with zero attached hydrogens (tertiary/aromatic N) is 2. The molecule has 2 aromatic heterocycles. The molecule has 0 atom stereocenters. The third kappa shape index (κ3) is 7.84. The lowest BCUT2D eigenvalue weighted by atomic mass is 10.2. The molecule has 7 nitrogen and oxygen atoms in total. The molecule has 0 saturated carbocycles. The molecule has 5 rings (SSSR count). The number of benzene rings is 3. The molecule has 0 N–H and O–H groups in total. The smallest absolute Gasteiger partial charge is 0.297 e. The van der Waals surface area contributed by atoms with Crippen LogP contribution in [-0.4, -0.2) is 44.7 Å².